The molecule has 0 spiro atoms. The van der Waals surface area contributed by atoms with Crippen molar-refractivity contribution in [1.29, 1.82) is 0 Å². The Morgan fingerprint density at radius 1 is 1.00 bits per heavy atom. The van der Waals surface area contributed by atoms with Crippen molar-refractivity contribution in [3.63, 3.8) is 0 Å². The number of fused-ring (bicyclic) bond motifs is 4. The lowest BCUT2D eigenvalue weighted by molar-refractivity contribution is -0.146. The molecule has 4 amide bonds. The third-order valence-electron chi connectivity index (χ3n) is 9.25. The van der Waals surface area contributed by atoms with E-state index in [1.54, 1.807) is 32.9 Å². The third-order valence-corrected chi connectivity index (χ3v) is 11.2. The van der Waals surface area contributed by atoms with Crippen LogP contribution in [0.5, 0.6) is 11.5 Å². The van der Waals surface area contributed by atoms with Crippen LogP contribution in [0.25, 0.3) is 0 Å². The normalized spacial score (nSPS) is 32.0. The number of allylic oxidation sites excluding steroid dienone is 2. The van der Waals surface area contributed by atoms with Crippen LogP contribution in [0.2, 0.25) is 0 Å². The average molecular weight is 690 g/mol. The minimum Gasteiger partial charge on any atom is -0.508 e. The van der Waals surface area contributed by atoms with Crippen LogP contribution in [0, 0.1) is 17.8 Å². The molecule has 0 bridgehead atoms. The highest BCUT2D eigenvalue weighted by Gasteiger charge is 2.76. The van der Waals surface area contributed by atoms with Crippen molar-refractivity contribution in [3.05, 3.63) is 71.3 Å². The zero-order valence-corrected chi connectivity index (χ0v) is 26.9. The summed E-state index contributed by atoms with van der Waals surface area (Å²) in [5.74, 6) is -4.87. The number of phenols is 1. The maximum absolute atomic E-state index is 13.9. The van der Waals surface area contributed by atoms with E-state index in [0.717, 1.165) is 10.5 Å². The molecule has 2 heterocycles. The van der Waals surface area contributed by atoms with E-state index in [9.17, 15) is 24.3 Å². The van der Waals surface area contributed by atoms with Crippen LogP contribution >= 0.6 is 39.1 Å². The number of carbonyl (C=O) groups excluding carboxylic acids is 4. The second-order valence-corrected chi connectivity index (χ2v) is 14.4. The Balaban J connectivity index is 1.46. The third kappa shape index (κ3) is 4.29. The Labute approximate surface area is 268 Å². The Morgan fingerprint density at radius 3 is 2.33 bits per heavy atom. The first-order valence-electron chi connectivity index (χ1n) is 14.1. The first-order chi connectivity index (χ1) is 20.3. The number of rotatable bonds is 5. The van der Waals surface area contributed by atoms with Crippen molar-refractivity contribution < 1.29 is 29.0 Å². The highest BCUT2D eigenvalue weighted by atomic mass is 79.9. The number of amides is 4. The van der Waals surface area contributed by atoms with Gasteiger partial charge in [-0.3, -0.25) is 29.0 Å². The van der Waals surface area contributed by atoms with Gasteiger partial charge in [0.25, 0.3) is 11.8 Å². The van der Waals surface area contributed by atoms with E-state index in [0.29, 0.717) is 11.3 Å². The second kappa shape index (κ2) is 10.3. The lowest BCUT2D eigenvalue weighted by Crippen LogP contribution is -2.60. The lowest BCUT2D eigenvalue weighted by Gasteiger charge is -2.50. The monoisotopic (exact) mass is 688 g/mol. The average Bonchev–Trinajstić information content (AvgIpc) is 3.31. The van der Waals surface area contributed by atoms with Gasteiger partial charge in [0.15, 0.2) is 9.75 Å². The molecule has 2 aliphatic heterocycles. The van der Waals surface area contributed by atoms with Crippen molar-refractivity contribution in [3.8, 4) is 11.5 Å². The van der Waals surface area contributed by atoms with Crippen LogP contribution in [-0.4, -0.2) is 59.3 Å². The molecule has 8 nitrogen and oxygen atoms in total. The highest BCUT2D eigenvalue weighted by Crippen LogP contribution is 2.66. The number of carbonyl (C=O) groups is 4. The van der Waals surface area contributed by atoms with Gasteiger partial charge in [-0.15, -0.1) is 23.2 Å². The Morgan fingerprint density at radius 2 is 1.70 bits per heavy atom. The molecule has 2 aromatic carbocycles. The molecule has 1 saturated carbocycles. The molecule has 2 saturated heterocycles. The van der Waals surface area contributed by atoms with E-state index >= 15 is 0 Å². The summed E-state index contributed by atoms with van der Waals surface area (Å²) < 4.78 is 5.90. The van der Waals surface area contributed by atoms with Gasteiger partial charge in [0.05, 0.1) is 17.3 Å². The first kappa shape index (κ1) is 30.2. The minimum atomic E-state index is -1.99. The molecular weight excluding hydrogens is 659 g/mol. The fourth-order valence-electron chi connectivity index (χ4n) is 7.36. The quantitative estimate of drug-likeness (QED) is 0.193. The summed E-state index contributed by atoms with van der Waals surface area (Å²) in [4.78, 5) is 53.5. The van der Waals surface area contributed by atoms with Gasteiger partial charge >= 0.3 is 0 Å². The maximum Gasteiger partial charge on any atom is 0.254 e. The summed E-state index contributed by atoms with van der Waals surface area (Å²) in [6.07, 6.45) is 2.00. The minimum absolute atomic E-state index is 0.105. The number of hydrogen-bond donors (Lipinski definition) is 1. The van der Waals surface area contributed by atoms with Gasteiger partial charge in [0, 0.05) is 23.1 Å². The predicted molar refractivity (Wildman–Crippen MR) is 164 cm³/mol. The molecule has 11 heteroatoms. The van der Waals surface area contributed by atoms with Gasteiger partial charge in [-0.2, -0.15) is 0 Å². The van der Waals surface area contributed by atoms with E-state index in [2.05, 4.69) is 15.9 Å². The summed E-state index contributed by atoms with van der Waals surface area (Å²) in [6.45, 7) is 5.68. The second-order valence-electron chi connectivity index (χ2n) is 12.7. The molecule has 43 heavy (non-hydrogen) atoms. The molecule has 3 fully saturated rings. The van der Waals surface area contributed by atoms with Crippen molar-refractivity contribution in [1.82, 2.24) is 9.80 Å². The molecule has 6 rings (SSSR count). The number of aromatic hydroxyl groups is 1. The first-order valence-corrected chi connectivity index (χ1v) is 16.0. The summed E-state index contributed by atoms with van der Waals surface area (Å²) in [6, 6.07) is 14.3. The Kier molecular flexibility index (Phi) is 7.26. The van der Waals surface area contributed by atoms with Crippen molar-refractivity contribution in [2.45, 2.75) is 61.4 Å². The number of hydrogen-bond acceptors (Lipinski definition) is 6. The molecule has 0 unspecified atom stereocenters. The number of benzene rings is 2. The Hall–Kier alpha value is -2.88. The fourth-order valence-corrected chi connectivity index (χ4v) is 8.78. The number of phenolic OH excluding ortho intramolecular Hbond substituents is 1. The summed E-state index contributed by atoms with van der Waals surface area (Å²) in [5.41, 5.74) is 0.983. The number of imide groups is 2. The number of alkyl halides is 3. The lowest BCUT2D eigenvalue weighted by atomic mass is 9.56. The SMILES string of the molecule is CC(C)(C)N1C(=O)[C@H]2[C@H](CC=C3[C@H]2C[C@@]2(Cl)C(=O)N(CBr)C(=O)[C@@]2(Cl)[C@H]3c2ccc(OCc3ccccc3)cc2O)C1=O. The number of ether oxygens (including phenoxy) is 1. The number of nitrogens with zero attached hydrogens (tertiary/aromatic N) is 2. The zero-order valence-electron chi connectivity index (χ0n) is 23.9. The van der Waals surface area contributed by atoms with Gasteiger partial charge in [0.2, 0.25) is 11.8 Å². The van der Waals surface area contributed by atoms with Gasteiger partial charge in [0.1, 0.15) is 18.1 Å². The van der Waals surface area contributed by atoms with Crippen molar-refractivity contribution >= 4 is 62.8 Å². The molecule has 0 aromatic heterocycles. The van der Waals surface area contributed by atoms with Crippen molar-refractivity contribution in [2.24, 2.45) is 17.8 Å². The summed E-state index contributed by atoms with van der Waals surface area (Å²) >= 11 is 17.7. The fraction of sp³-hybridized carbons (Fsp3) is 0.438. The van der Waals surface area contributed by atoms with E-state index < -0.39 is 50.8 Å². The van der Waals surface area contributed by atoms with Gasteiger partial charge in [-0.25, -0.2) is 0 Å². The smallest absolute Gasteiger partial charge is 0.254 e. The molecule has 0 radical (unpaired) electrons. The van der Waals surface area contributed by atoms with Crippen molar-refractivity contribution in [2.75, 3.05) is 5.45 Å². The van der Waals surface area contributed by atoms with E-state index in [1.165, 1.54) is 11.0 Å². The largest absolute Gasteiger partial charge is 0.508 e. The zero-order chi connectivity index (χ0) is 31.1. The highest BCUT2D eigenvalue weighted by molar-refractivity contribution is 9.09. The standard InChI is InChI=1S/C32H31BrCl2N2O6/c1-30(2,3)37-26(39)21-12-11-19-22(24(21)27(37)40)14-31(34)28(41)36(16-33)29(42)32(31,35)25(19)20-10-9-18(13-23(20)38)43-15-17-7-5-4-6-8-17/h4-11,13,21-22,24-25,38H,12,14-16H2,1-3H3/t21-,22+,24-,25+,31+,32-/m0/s1. The molecule has 2 aliphatic carbocycles. The molecule has 6 atom stereocenters. The summed E-state index contributed by atoms with van der Waals surface area (Å²) in [7, 11) is 0. The number of halogens is 3. The van der Waals surface area contributed by atoms with Crippen LogP contribution in [-0.2, 0) is 25.8 Å². The Bertz CT molecular complexity index is 1580. The van der Waals surface area contributed by atoms with E-state index in [-0.39, 0.29) is 48.0 Å². The predicted octanol–water partition coefficient (Wildman–Crippen LogP) is 5.48. The van der Waals surface area contributed by atoms with Crippen LogP contribution in [0.15, 0.2) is 60.2 Å². The van der Waals surface area contributed by atoms with E-state index in [1.807, 2.05) is 36.4 Å². The maximum atomic E-state index is 13.9. The van der Waals surface area contributed by atoms with Crippen LogP contribution in [0.4, 0.5) is 0 Å². The van der Waals surface area contributed by atoms with Crippen LogP contribution in [0.1, 0.15) is 50.7 Å². The summed E-state index contributed by atoms with van der Waals surface area (Å²) in [5, 5.41) is 11.4. The topological polar surface area (TPSA) is 104 Å². The molecule has 226 valence electrons. The molecule has 2 aromatic rings. The van der Waals surface area contributed by atoms with Gasteiger partial charge < -0.3 is 9.84 Å². The van der Waals surface area contributed by atoms with E-state index in [4.69, 9.17) is 27.9 Å². The molecule has 4 aliphatic rings. The van der Waals surface area contributed by atoms with Gasteiger partial charge in [-0.05, 0) is 51.2 Å². The van der Waals surface area contributed by atoms with Crippen LogP contribution < -0.4 is 4.74 Å². The van der Waals surface area contributed by atoms with Crippen LogP contribution in [0.3, 0.4) is 0 Å². The molecule has 1 N–H and O–H groups in total. The molecular formula is C32H31BrCl2N2O6. The number of likely N-dealkylation sites (tertiary alicyclic amines) is 2. The van der Waals surface area contributed by atoms with Gasteiger partial charge in [-0.1, -0.05) is 64.0 Å².